The number of aromatic nitrogens is 1. The highest BCUT2D eigenvalue weighted by atomic mass is 32.1. The van der Waals surface area contributed by atoms with Crippen molar-refractivity contribution in [3.05, 3.63) is 41.0 Å². The lowest BCUT2D eigenvalue weighted by Gasteiger charge is -2.35. The van der Waals surface area contributed by atoms with E-state index in [0.29, 0.717) is 13.0 Å². The lowest BCUT2D eigenvalue weighted by Crippen LogP contribution is -2.57. The van der Waals surface area contributed by atoms with Gasteiger partial charge in [0.25, 0.3) is 0 Å². The summed E-state index contributed by atoms with van der Waals surface area (Å²) in [5.41, 5.74) is 4.28. The van der Waals surface area contributed by atoms with Crippen molar-refractivity contribution in [3.63, 3.8) is 0 Å². The largest absolute Gasteiger partial charge is 0.391 e. The topological polar surface area (TPSA) is 112 Å². The lowest BCUT2D eigenvalue weighted by atomic mass is 9.85. The van der Waals surface area contributed by atoms with Gasteiger partial charge in [-0.05, 0) is 29.9 Å². The molecule has 1 aliphatic rings. The Bertz CT molecular complexity index is 1110. The van der Waals surface area contributed by atoms with Crippen LogP contribution in [0.3, 0.4) is 0 Å². The normalized spacial score (nSPS) is 18.2. The first-order valence-corrected chi connectivity index (χ1v) is 14.9. The minimum atomic E-state index is -0.790. The monoisotopic (exact) mass is 556 g/mol. The number of unbranched alkanes of at least 4 members (excludes halogenated alkanes) is 4. The molecule has 1 aromatic carbocycles. The van der Waals surface area contributed by atoms with Crippen LogP contribution in [0.5, 0.6) is 0 Å². The van der Waals surface area contributed by atoms with Gasteiger partial charge in [-0.2, -0.15) is 0 Å². The van der Waals surface area contributed by atoms with Crippen LogP contribution < -0.4 is 10.6 Å². The van der Waals surface area contributed by atoms with Crippen LogP contribution in [0.4, 0.5) is 0 Å². The van der Waals surface area contributed by atoms with Gasteiger partial charge in [0.2, 0.25) is 17.7 Å². The summed E-state index contributed by atoms with van der Waals surface area (Å²) in [4.78, 5) is 46.4. The molecule has 2 aromatic rings. The van der Waals surface area contributed by atoms with Crippen LogP contribution in [0.1, 0.15) is 83.9 Å². The third kappa shape index (κ3) is 8.60. The Labute approximate surface area is 236 Å². The minimum Gasteiger partial charge on any atom is -0.391 e. The van der Waals surface area contributed by atoms with Crippen molar-refractivity contribution in [1.82, 2.24) is 20.5 Å². The molecule has 1 fully saturated rings. The van der Waals surface area contributed by atoms with Gasteiger partial charge < -0.3 is 20.6 Å². The number of carbonyl (C=O) groups excluding carboxylic acids is 3. The number of carbonyl (C=O) groups is 3. The number of aliphatic hydroxyl groups excluding tert-OH is 1. The Kier molecular flexibility index (Phi) is 11.1. The maximum atomic E-state index is 13.7. The Morgan fingerprint density at radius 2 is 1.82 bits per heavy atom. The van der Waals surface area contributed by atoms with E-state index in [0.717, 1.165) is 53.8 Å². The number of nitrogens with one attached hydrogen (secondary N) is 2. The fourth-order valence-electron chi connectivity index (χ4n) is 4.90. The first-order chi connectivity index (χ1) is 18.5. The Morgan fingerprint density at radius 1 is 1.13 bits per heavy atom. The quantitative estimate of drug-likeness (QED) is 0.331. The van der Waals surface area contributed by atoms with Gasteiger partial charge in [0.05, 0.1) is 22.2 Å². The average molecular weight is 557 g/mol. The summed E-state index contributed by atoms with van der Waals surface area (Å²) >= 11 is 1.59. The zero-order chi connectivity index (χ0) is 28.6. The van der Waals surface area contributed by atoms with Crippen LogP contribution in [0.15, 0.2) is 29.8 Å². The molecule has 2 heterocycles. The van der Waals surface area contributed by atoms with E-state index in [1.54, 1.807) is 11.3 Å². The number of hydrogen-bond donors (Lipinski definition) is 3. The van der Waals surface area contributed by atoms with E-state index in [1.165, 1.54) is 4.90 Å². The smallest absolute Gasteiger partial charge is 0.246 e. The van der Waals surface area contributed by atoms with E-state index >= 15 is 0 Å². The Hall–Kier alpha value is -2.78. The van der Waals surface area contributed by atoms with Gasteiger partial charge in [0.15, 0.2) is 0 Å². The number of nitrogens with zero attached hydrogens (tertiary/aromatic N) is 2. The number of β-amino-alcohol motifs (C(OH)–C–C–N with tert-alkyl or cyclic N) is 1. The molecular formula is C30H44N4O4S. The summed E-state index contributed by atoms with van der Waals surface area (Å²) in [6.07, 6.45) is 4.93. The molecule has 3 rings (SSSR count). The second kappa shape index (κ2) is 14.0. The summed E-state index contributed by atoms with van der Waals surface area (Å²) < 4.78 is 0. The molecule has 1 saturated heterocycles. The maximum Gasteiger partial charge on any atom is 0.246 e. The number of aliphatic hydroxyl groups is 1. The number of benzene rings is 1. The number of amides is 3. The molecule has 214 valence electrons. The predicted molar refractivity (Wildman–Crippen MR) is 155 cm³/mol. The van der Waals surface area contributed by atoms with Crippen molar-refractivity contribution in [2.45, 2.75) is 104 Å². The first kappa shape index (κ1) is 30.8. The summed E-state index contributed by atoms with van der Waals surface area (Å²) in [6, 6.07) is 6.38. The van der Waals surface area contributed by atoms with Crippen molar-refractivity contribution >= 4 is 29.1 Å². The predicted octanol–water partition coefficient (Wildman–Crippen LogP) is 4.59. The number of rotatable bonds is 12. The SMILES string of the molecule is CCCCCCCC(=O)N[C@H](C(=O)N1C[C@H](O)C[C@H]1C(=O)NCc1ccc(-c2scnc2C)cc1)C(C)(C)C. The van der Waals surface area contributed by atoms with E-state index in [1.807, 2.05) is 57.5 Å². The van der Waals surface area contributed by atoms with Crippen LogP contribution in [0.2, 0.25) is 0 Å². The molecule has 0 bridgehead atoms. The number of aryl methyl sites for hydroxylation is 1. The highest BCUT2D eigenvalue weighted by Gasteiger charge is 2.44. The molecule has 0 unspecified atom stereocenters. The molecule has 0 saturated carbocycles. The molecule has 1 aromatic heterocycles. The van der Waals surface area contributed by atoms with Crippen LogP contribution in [0.25, 0.3) is 10.4 Å². The number of hydrogen-bond acceptors (Lipinski definition) is 6. The molecule has 3 N–H and O–H groups in total. The van der Waals surface area contributed by atoms with Gasteiger partial charge >= 0.3 is 0 Å². The fraction of sp³-hybridized carbons (Fsp3) is 0.600. The van der Waals surface area contributed by atoms with E-state index in [9.17, 15) is 19.5 Å². The maximum absolute atomic E-state index is 13.7. The van der Waals surface area contributed by atoms with E-state index in [-0.39, 0.29) is 30.7 Å². The number of thiazole rings is 1. The third-order valence-electron chi connectivity index (χ3n) is 7.22. The van der Waals surface area contributed by atoms with Gasteiger partial charge in [-0.15, -0.1) is 11.3 Å². The zero-order valence-corrected chi connectivity index (χ0v) is 24.8. The van der Waals surface area contributed by atoms with Gasteiger partial charge in [-0.3, -0.25) is 14.4 Å². The molecule has 1 aliphatic heterocycles. The van der Waals surface area contributed by atoms with Gasteiger partial charge in [0.1, 0.15) is 12.1 Å². The Morgan fingerprint density at radius 3 is 2.44 bits per heavy atom. The van der Waals surface area contributed by atoms with Crippen LogP contribution in [0, 0.1) is 12.3 Å². The van der Waals surface area contributed by atoms with E-state index in [4.69, 9.17) is 0 Å². The molecule has 3 atom stereocenters. The summed E-state index contributed by atoms with van der Waals surface area (Å²) in [5, 5.41) is 16.2. The number of likely N-dealkylation sites (tertiary alicyclic amines) is 1. The third-order valence-corrected chi connectivity index (χ3v) is 8.20. The van der Waals surface area contributed by atoms with Crippen molar-refractivity contribution in [3.8, 4) is 10.4 Å². The van der Waals surface area contributed by atoms with Gasteiger partial charge in [-0.25, -0.2) is 4.98 Å². The second-order valence-electron chi connectivity index (χ2n) is 11.6. The Balaban J connectivity index is 1.61. The standard InChI is InChI=1S/C30H44N4O4S/c1-6-7-8-9-10-11-25(36)33-27(30(3,4)5)29(38)34-18-23(35)16-24(34)28(37)31-17-21-12-14-22(15-13-21)26-20(2)32-19-39-26/h12-15,19,23-24,27,35H,6-11,16-18H2,1-5H3,(H,31,37)(H,33,36)/t23-,24+,27-/m1/s1. The van der Waals surface area contributed by atoms with Crippen LogP contribution >= 0.6 is 11.3 Å². The van der Waals surface area contributed by atoms with Crippen molar-refractivity contribution in [1.29, 1.82) is 0 Å². The van der Waals surface area contributed by atoms with Crippen molar-refractivity contribution < 1.29 is 19.5 Å². The molecule has 0 spiro atoms. The second-order valence-corrected chi connectivity index (χ2v) is 12.5. The van der Waals surface area contributed by atoms with Gasteiger partial charge in [0, 0.05) is 25.9 Å². The summed E-state index contributed by atoms with van der Waals surface area (Å²) in [6.45, 7) is 10.2. The van der Waals surface area contributed by atoms with Gasteiger partial charge in [-0.1, -0.05) is 77.6 Å². The van der Waals surface area contributed by atoms with Crippen LogP contribution in [-0.4, -0.2) is 57.4 Å². The van der Waals surface area contributed by atoms with E-state index < -0.39 is 23.6 Å². The molecule has 0 aliphatic carbocycles. The van der Waals surface area contributed by atoms with Crippen molar-refractivity contribution in [2.24, 2.45) is 5.41 Å². The highest BCUT2D eigenvalue weighted by molar-refractivity contribution is 7.13. The average Bonchev–Trinajstić information content (AvgIpc) is 3.50. The molecule has 9 heteroatoms. The fourth-order valence-corrected chi connectivity index (χ4v) is 5.71. The molecule has 0 radical (unpaired) electrons. The molecular weight excluding hydrogens is 512 g/mol. The summed E-state index contributed by atoms with van der Waals surface area (Å²) in [5.74, 6) is -0.794. The summed E-state index contributed by atoms with van der Waals surface area (Å²) in [7, 11) is 0. The van der Waals surface area contributed by atoms with E-state index in [2.05, 4.69) is 22.5 Å². The molecule has 39 heavy (non-hydrogen) atoms. The highest BCUT2D eigenvalue weighted by Crippen LogP contribution is 2.28. The molecule has 8 nitrogen and oxygen atoms in total. The van der Waals surface area contributed by atoms with Crippen LogP contribution in [-0.2, 0) is 20.9 Å². The van der Waals surface area contributed by atoms with Crippen molar-refractivity contribution in [2.75, 3.05) is 6.54 Å². The lowest BCUT2D eigenvalue weighted by molar-refractivity contribution is -0.144. The minimum absolute atomic E-state index is 0.0687. The molecule has 3 amide bonds. The zero-order valence-electron chi connectivity index (χ0n) is 24.0. The first-order valence-electron chi connectivity index (χ1n) is 14.1.